The first kappa shape index (κ1) is 25.9. The Kier molecular flexibility index (Phi) is 10.9. The average Bonchev–Trinajstić information content (AvgIpc) is 2.82. The number of halogens is 1. The molecule has 1 atom stereocenters. The molecule has 0 spiro atoms. The van der Waals surface area contributed by atoms with Gasteiger partial charge in [0.2, 0.25) is 0 Å². The van der Waals surface area contributed by atoms with Crippen LogP contribution < -0.4 is 4.74 Å². The van der Waals surface area contributed by atoms with Crippen molar-refractivity contribution < 1.29 is 29.3 Å². The number of carbonyl (C=O) groups is 2. The number of nitrogens with zero attached hydrogens (tertiary/aromatic N) is 2. The summed E-state index contributed by atoms with van der Waals surface area (Å²) in [4.78, 5) is 21.5. The number of benzene rings is 2. The number of nitriles is 1. The summed E-state index contributed by atoms with van der Waals surface area (Å²) in [7, 11) is 0. The van der Waals surface area contributed by atoms with Crippen molar-refractivity contribution in [3.63, 3.8) is 0 Å². The van der Waals surface area contributed by atoms with Gasteiger partial charge in [0.25, 0.3) is 0 Å². The van der Waals surface area contributed by atoms with Crippen molar-refractivity contribution in [2.75, 3.05) is 32.8 Å². The monoisotopic (exact) mass is 472 g/mol. The van der Waals surface area contributed by atoms with E-state index in [-0.39, 0.29) is 6.10 Å². The Balaban J connectivity index is 0.000000414. The van der Waals surface area contributed by atoms with Crippen LogP contribution in [0.5, 0.6) is 5.75 Å². The number of ether oxygens (including phenoxy) is 2. The molecule has 8 nitrogen and oxygen atoms in total. The van der Waals surface area contributed by atoms with E-state index in [2.05, 4.69) is 23.1 Å². The summed E-state index contributed by atoms with van der Waals surface area (Å²) in [6, 6.07) is 17.4. The third-order valence-electron chi connectivity index (χ3n) is 4.68. The number of morpholine rings is 1. The van der Waals surface area contributed by atoms with Crippen LogP contribution in [0.15, 0.2) is 60.7 Å². The van der Waals surface area contributed by atoms with Gasteiger partial charge in [0.05, 0.1) is 18.8 Å². The second-order valence-corrected chi connectivity index (χ2v) is 7.46. The molecule has 0 unspecified atom stereocenters. The molecule has 0 aromatic heterocycles. The molecule has 2 N–H and O–H groups in total. The second-order valence-electron chi connectivity index (χ2n) is 7.02. The molecule has 9 heteroatoms. The summed E-state index contributed by atoms with van der Waals surface area (Å²) in [5, 5.41) is 25.5. The molecule has 0 aliphatic carbocycles. The molecule has 2 aromatic carbocycles. The maximum Gasteiger partial charge on any atom is 0.328 e. The predicted molar refractivity (Wildman–Crippen MR) is 122 cm³/mol. The Morgan fingerprint density at radius 2 is 1.76 bits per heavy atom. The Morgan fingerprint density at radius 3 is 2.33 bits per heavy atom. The Bertz CT molecular complexity index is 968. The quantitative estimate of drug-likeness (QED) is 0.557. The van der Waals surface area contributed by atoms with Gasteiger partial charge in [0.1, 0.15) is 17.9 Å². The van der Waals surface area contributed by atoms with E-state index < -0.39 is 11.9 Å². The van der Waals surface area contributed by atoms with Crippen molar-refractivity contribution in [3.05, 3.63) is 76.8 Å². The van der Waals surface area contributed by atoms with E-state index >= 15 is 0 Å². The average molecular weight is 473 g/mol. The predicted octanol–water partition coefficient (Wildman–Crippen LogP) is 3.77. The highest BCUT2D eigenvalue weighted by atomic mass is 35.5. The van der Waals surface area contributed by atoms with E-state index in [1.54, 1.807) is 18.2 Å². The van der Waals surface area contributed by atoms with Gasteiger partial charge in [-0.2, -0.15) is 5.26 Å². The largest absolute Gasteiger partial charge is 0.484 e. The van der Waals surface area contributed by atoms with Crippen LogP contribution in [0.1, 0.15) is 23.7 Å². The third-order valence-corrected chi connectivity index (χ3v) is 4.92. The van der Waals surface area contributed by atoms with E-state index in [9.17, 15) is 14.9 Å². The number of hydrogen-bond donors (Lipinski definition) is 2. The molecule has 0 radical (unpaired) electrons. The zero-order valence-electron chi connectivity index (χ0n) is 17.9. The van der Waals surface area contributed by atoms with E-state index in [1.165, 1.54) is 0 Å². The van der Waals surface area contributed by atoms with E-state index in [0.717, 1.165) is 44.8 Å². The molecule has 2 aromatic rings. The SMILES string of the molecule is N#Cc1ccc(Cl)cc1O[C@H](CCN1CCOCC1)c1ccccc1.O=C(O)/C=C/C(=O)O. The fourth-order valence-corrected chi connectivity index (χ4v) is 3.23. The van der Waals surface area contributed by atoms with Gasteiger partial charge < -0.3 is 19.7 Å². The Labute approximate surface area is 197 Å². The number of rotatable bonds is 8. The highest BCUT2D eigenvalue weighted by Crippen LogP contribution is 2.30. The Hall–Kier alpha value is -3.38. The van der Waals surface area contributed by atoms with Crippen molar-refractivity contribution >= 4 is 23.5 Å². The molecule has 0 bridgehead atoms. The van der Waals surface area contributed by atoms with Gasteiger partial charge >= 0.3 is 11.9 Å². The van der Waals surface area contributed by atoms with E-state index in [1.807, 2.05) is 18.2 Å². The molecule has 1 heterocycles. The number of hydrogen-bond acceptors (Lipinski definition) is 6. The number of aliphatic carboxylic acids is 2. The summed E-state index contributed by atoms with van der Waals surface area (Å²) in [6.07, 6.45) is 1.82. The van der Waals surface area contributed by atoms with Crippen molar-refractivity contribution in [1.29, 1.82) is 5.26 Å². The van der Waals surface area contributed by atoms with Gasteiger partial charge in [0, 0.05) is 49.3 Å². The number of carboxylic acid groups (broad SMARTS) is 2. The summed E-state index contributed by atoms with van der Waals surface area (Å²) in [5.74, 6) is -1.98. The lowest BCUT2D eigenvalue weighted by Crippen LogP contribution is -2.37. The van der Waals surface area contributed by atoms with Crippen LogP contribution in [0.3, 0.4) is 0 Å². The van der Waals surface area contributed by atoms with Crippen LogP contribution >= 0.6 is 11.6 Å². The summed E-state index contributed by atoms with van der Waals surface area (Å²) in [6.45, 7) is 4.38. The minimum atomic E-state index is -1.26. The van der Waals surface area contributed by atoms with Crippen molar-refractivity contribution in [1.82, 2.24) is 4.90 Å². The highest BCUT2D eigenvalue weighted by molar-refractivity contribution is 6.30. The van der Waals surface area contributed by atoms with Gasteiger partial charge in [-0.05, 0) is 17.7 Å². The molecular formula is C24H25ClN2O6. The fourth-order valence-electron chi connectivity index (χ4n) is 3.07. The van der Waals surface area contributed by atoms with Crippen molar-refractivity contribution in [2.45, 2.75) is 12.5 Å². The standard InChI is InChI=1S/C20H21ClN2O2.C4H4O4/c21-18-7-6-17(15-22)20(14-18)25-19(16-4-2-1-3-5-16)8-9-23-10-12-24-13-11-23;5-3(6)1-2-4(7)8/h1-7,14,19H,8-13H2;1-2H,(H,5,6)(H,7,8)/b;2-1+/t19-;/m1./s1. The summed E-state index contributed by atoms with van der Waals surface area (Å²) < 4.78 is 11.6. The summed E-state index contributed by atoms with van der Waals surface area (Å²) >= 11 is 6.09. The lowest BCUT2D eigenvalue weighted by molar-refractivity contribution is -0.134. The second kappa shape index (κ2) is 13.9. The lowest BCUT2D eigenvalue weighted by atomic mass is 10.1. The molecule has 3 rings (SSSR count). The summed E-state index contributed by atoms with van der Waals surface area (Å²) in [5.41, 5.74) is 1.59. The van der Waals surface area contributed by atoms with Crippen molar-refractivity contribution in [3.8, 4) is 11.8 Å². The normalized spacial score (nSPS) is 14.5. The fraction of sp³-hybridized carbons (Fsp3) is 0.292. The molecule has 0 saturated carbocycles. The molecule has 1 fully saturated rings. The van der Waals surface area contributed by atoms with Gasteiger partial charge in [-0.3, -0.25) is 4.90 Å². The first-order valence-corrected chi connectivity index (χ1v) is 10.6. The zero-order chi connectivity index (χ0) is 24.1. The van der Waals surface area contributed by atoms with Crippen LogP contribution in [-0.2, 0) is 14.3 Å². The molecule has 1 aliphatic heterocycles. The first-order chi connectivity index (χ1) is 15.9. The topological polar surface area (TPSA) is 120 Å². The van der Waals surface area contributed by atoms with E-state index in [0.29, 0.717) is 28.5 Å². The van der Waals surface area contributed by atoms with Crippen LogP contribution in [0.4, 0.5) is 0 Å². The molecule has 174 valence electrons. The van der Waals surface area contributed by atoms with Crippen LogP contribution in [0.2, 0.25) is 5.02 Å². The molecule has 1 saturated heterocycles. The van der Waals surface area contributed by atoms with Crippen LogP contribution in [0.25, 0.3) is 0 Å². The molecule has 0 amide bonds. The van der Waals surface area contributed by atoms with Crippen molar-refractivity contribution in [2.24, 2.45) is 0 Å². The number of carboxylic acids is 2. The van der Waals surface area contributed by atoms with Gasteiger partial charge in [-0.25, -0.2) is 9.59 Å². The minimum absolute atomic E-state index is 0.130. The minimum Gasteiger partial charge on any atom is -0.484 e. The Morgan fingerprint density at radius 1 is 1.12 bits per heavy atom. The molecular weight excluding hydrogens is 448 g/mol. The van der Waals surface area contributed by atoms with E-state index in [4.69, 9.17) is 31.3 Å². The lowest BCUT2D eigenvalue weighted by Gasteiger charge is -2.29. The smallest absolute Gasteiger partial charge is 0.328 e. The van der Waals surface area contributed by atoms with Gasteiger partial charge in [-0.15, -0.1) is 0 Å². The van der Waals surface area contributed by atoms with Crippen LogP contribution in [0, 0.1) is 11.3 Å². The molecule has 33 heavy (non-hydrogen) atoms. The molecule has 1 aliphatic rings. The zero-order valence-corrected chi connectivity index (χ0v) is 18.6. The van der Waals surface area contributed by atoms with Crippen LogP contribution in [-0.4, -0.2) is 59.9 Å². The maximum atomic E-state index is 9.55. The van der Waals surface area contributed by atoms with Gasteiger partial charge in [-0.1, -0.05) is 41.9 Å². The maximum absolute atomic E-state index is 9.55. The van der Waals surface area contributed by atoms with Gasteiger partial charge in [0.15, 0.2) is 0 Å². The first-order valence-electron chi connectivity index (χ1n) is 10.2. The third kappa shape index (κ3) is 9.74. The highest BCUT2D eigenvalue weighted by Gasteiger charge is 2.18.